The zero-order chi connectivity index (χ0) is 6.85. The third-order valence-corrected chi connectivity index (χ3v) is 1.16. The lowest BCUT2D eigenvalue weighted by Gasteiger charge is -2.05. The zero-order valence-corrected chi connectivity index (χ0v) is 7.41. The Bertz CT molecular complexity index is 206. The van der Waals surface area contributed by atoms with Crippen molar-refractivity contribution in [1.82, 2.24) is 0 Å². The molecule has 2 N–H and O–H groups in total. The van der Waals surface area contributed by atoms with E-state index < -0.39 is 0 Å². The summed E-state index contributed by atoms with van der Waals surface area (Å²) in [5.74, 6) is -0.145. The van der Waals surface area contributed by atoms with Crippen molar-refractivity contribution < 1.29 is 10.2 Å². The van der Waals surface area contributed by atoms with E-state index in [1.54, 1.807) is 0 Å². The molecule has 0 atom stereocenters. The van der Waals surface area contributed by atoms with Crippen LogP contribution in [0.4, 0.5) is 0 Å². The van der Waals surface area contributed by atoms with Crippen LogP contribution in [0, 0.1) is 0 Å². The minimum atomic E-state index is -0.0914. The molecule has 0 bridgehead atoms. The molecular formula is C7H10Cl2O2. The highest BCUT2D eigenvalue weighted by molar-refractivity contribution is 5.85. The van der Waals surface area contributed by atoms with Gasteiger partial charge in [0.15, 0.2) is 11.5 Å². The second kappa shape index (κ2) is 5.10. The number of rotatable bonds is 0. The maximum Gasteiger partial charge on any atom is 0.157 e. The lowest BCUT2D eigenvalue weighted by molar-refractivity contribution is 0.322. The average Bonchev–Trinajstić information content (AvgIpc) is 1.80. The van der Waals surface area contributed by atoms with Crippen LogP contribution in [0.1, 0.15) is 6.42 Å². The Morgan fingerprint density at radius 1 is 1.18 bits per heavy atom. The molecule has 4 heteroatoms. The number of hydrogen-bond donors (Lipinski definition) is 2. The van der Waals surface area contributed by atoms with Gasteiger partial charge in [0.05, 0.1) is 0 Å². The number of hydrogen-bond acceptors (Lipinski definition) is 2. The normalized spacial score (nSPS) is 15.5. The molecule has 64 valence electrons. The van der Waals surface area contributed by atoms with Crippen LogP contribution in [0.3, 0.4) is 0 Å². The maximum absolute atomic E-state index is 8.83. The van der Waals surface area contributed by atoms with Gasteiger partial charge in [0, 0.05) is 0 Å². The predicted molar refractivity (Wildman–Crippen MR) is 49.7 cm³/mol. The second-order valence-electron chi connectivity index (χ2n) is 1.98. The van der Waals surface area contributed by atoms with E-state index in [1.807, 2.05) is 0 Å². The Morgan fingerprint density at radius 3 is 2.09 bits per heavy atom. The number of halogens is 2. The van der Waals surface area contributed by atoms with Gasteiger partial charge in [-0.2, -0.15) is 0 Å². The van der Waals surface area contributed by atoms with Crippen molar-refractivity contribution in [1.29, 1.82) is 0 Å². The van der Waals surface area contributed by atoms with Crippen molar-refractivity contribution in [3.05, 3.63) is 35.8 Å². The van der Waals surface area contributed by atoms with E-state index in [2.05, 4.69) is 6.58 Å². The minimum absolute atomic E-state index is 0. The van der Waals surface area contributed by atoms with Gasteiger partial charge in [-0.3, -0.25) is 0 Å². The summed E-state index contributed by atoms with van der Waals surface area (Å²) < 4.78 is 0. The average molecular weight is 197 g/mol. The van der Waals surface area contributed by atoms with Crippen molar-refractivity contribution >= 4 is 24.8 Å². The van der Waals surface area contributed by atoms with Gasteiger partial charge in [-0.05, 0) is 24.1 Å². The number of allylic oxidation sites excluding steroid dienone is 3. The largest absolute Gasteiger partial charge is 0.504 e. The zero-order valence-electron chi connectivity index (χ0n) is 5.78. The molecule has 0 fully saturated rings. The molecule has 0 spiro atoms. The van der Waals surface area contributed by atoms with Crippen LogP contribution in [-0.2, 0) is 0 Å². The minimum Gasteiger partial charge on any atom is -0.504 e. The van der Waals surface area contributed by atoms with Gasteiger partial charge in [-0.15, -0.1) is 24.8 Å². The summed E-state index contributed by atoms with van der Waals surface area (Å²) >= 11 is 0. The number of aliphatic hydroxyl groups is 2. The molecule has 0 radical (unpaired) electrons. The predicted octanol–water partition coefficient (Wildman–Crippen LogP) is 2.67. The van der Waals surface area contributed by atoms with Crippen LogP contribution < -0.4 is 0 Å². The smallest absolute Gasteiger partial charge is 0.157 e. The molecule has 0 aromatic rings. The van der Waals surface area contributed by atoms with E-state index in [0.717, 1.165) is 5.57 Å². The van der Waals surface area contributed by atoms with E-state index in [1.165, 1.54) is 12.2 Å². The molecule has 0 saturated heterocycles. The molecule has 0 aliphatic heterocycles. The van der Waals surface area contributed by atoms with E-state index >= 15 is 0 Å². The van der Waals surface area contributed by atoms with E-state index in [0.29, 0.717) is 6.42 Å². The highest BCUT2D eigenvalue weighted by Crippen LogP contribution is 2.16. The summed E-state index contributed by atoms with van der Waals surface area (Å²) in [5, 5.41) is 17.6. The summed E-state index contributed by atoms with van der Waals surface area (Å²) in [6.07, 6.45) is 3.60. The van der Waals surface area contributed by atoms with Crippen LogP contribution >= 0.6 is 24.8 Å². The Morgan fingerprint density at radius 2 is 1.73 bits per heavy atom. The molecule has 0 aromatic heterocycles. The summed E-state index contributed by atoms with van der Waals surface area (Å²) in [4.78, 5) is 0. The van der Waals surface area contributed by atoms with Gasteiger partial charge in [-0.25, -0.2) is 0 Å². The van der Waals surface area contributed by atoms with E-state index in [9.17, 15) is 0 Å². The Kier molecular flexibility index (Phi) is 6.04. The van der Waals surface area contributed by atoms with Crippen LogP contribution in [0.25, 0.3) is 0 Å². The Balaban J connectivity index is 0. The summed E-state index contributed by atoms with van der Waals surface area (Å²) in [6, 6.07) is 0. The molecule has 0 amide bonds. The van der Waals surface area contributed by atoms with Crippen LogP contribution in [-0.4, -0.2) is 10.2 Å². The Hall–Kier alpha value is -0.600. The first-order valence-electron chi connectivity index (χ1n) is 2.68. The second-order valence-corrected chi connectivity index (χ2v) is 1.98. The van der Waals surface area contributed by atoms with Crippen molar-refractivity contribution in [2.45, 2.75) is 6.42 Å². The first kappa shape index (κ1) is 13.0. The van der Waals surface area contributed by atoms with Crippen molar-refractivity contribution in [2.24, 2.45) is 0 Å². The van der Waals surface area contributed by atoms with Gasteiger partial charge >= 0.3 is 0 Å². The lowest BCUT2D eigenvalue weighted by Crippen LogP contribution is -1.93. The van der Waals surface area contributed by atoms with Gasteiger partial charge in [-0.1, -0.05) is 6.58 Å². The van der Waals surface area contributed by atoms with Crippen LogP contribution in [0.15, 0.2) is 35.8 Å². The fourth-order valence-corrected chi connectivity index (χ4v) is 0.659. The standard InChI is InChI=1S/C7H8O2.2ClH/c1-5-2-3-6(8)7(9)4-5;;/h3-4,8-9H,1-2H2;2*1H. The van der Waals surface area contributed by atoms with Crippen molar-refractivity contribution in [3.63, 3.8) is 0 Å². The molecule has 2 nitrogen and oxygen atoms in total. The SMILES string of the molecule is C=C1C=C(O)C(O)=CC1.Cl.Cl. The third kappa shape index (κ3) is 3.35. The molecule has 0 aromatic carbocycles. The van der Waals surface area contributed by atoms with Gasteiger partial charge in [0.2, 0.25) is 0 Å². The topological polar surface area (TPSA) is 40.5 Å². The van der Waals surface area contributed by atoms with Gasteiger partial charge in [0.1, 0.15) is 0 Å². The third-order valence-electron chi connectivity index (χ3n) is 1.16. The fraction of sp³-hybridized carbons (Fsp3) is 0.143. The number of aliphatic hydroxyl groups excluding tert-OH is 2. The van der Waals surface area contributed by atoms with E-state index in [-0.39, 0.29) is 36.3 Å². The van der Waals surface area contributed by atoms with Crippen molar-refractivity contribution in [2.75, 3.05) is 0 Å². The van der Waals surface area contributed by atoms with Crippen LogP contribution in [0.5, 0.6) is 0 Å². The van der Waals surface area contributed by atoms with Crippen molar-refractivity contribution in [3.8, 4) is 0 Å². The first-order valence-corrected chi connectivity index (χ1v) is 2.68. The summed E-state index contributed by atoms with van der Waals surface area (Å²) in [6.45, 7) is 3.61. The first-order chi connectivity index (χ1) is 4.20. The van der Waals surface area contributed by atoms with Gasteiger partial charge < -0.3 is 10.2 Å². The molecule has 0 saturated carbocycles. The molecular weight excluding hydrogens is 187 g/mol. The summed E-state index contributed by atoms with van der Waals surface area (Å²) in [5.41, 5.74) is 0.810. The highest BCUT2D eigenvalue weighted by atomic mass is 35.5. The molecule has 11 heavy (non-hydrogen) atoms. The maximum atomic E-state index is 8.83. The fourth-order valence-electron chi connectivity index (χ4n) is 0.659. The Labute approximate surface area is 77.7 Å². The van der Waals surface area contributed by atoms with E-state index in [4.69, 9.17) is 10.2 Å². The molecule has 1 aliphatic rings. The quantitative estimate of drug-likeness (QED) is 0.626. The summed E-state index contributed by atoms with van der Waals surface area (Å²) in [7, 11) is 0. The molecule has 0 unspecified atom stereocenters. The monoisotopic (exact) mass is 196 g/mol. The molecule has 0 heterocycles. The van der Waals surface area contributed by atoms with Gasteiger partial charge in [0.25, 0.3) is 0 Å². The highest BCUT2D eigenvalue weighted by Gasteiger charge is 2.05. The molecule has 1 aliphatic carbocycles. The van der Waals surface area contributed by atoms with Crippen LogP contribution in [0.2, 0.25) is 0 Å². The lowest BCUT2D eigenvalue weighted by atomic mass is 10.1. The molecule has 1 rings (SSSR count).